The maximum atomic E-state index is 14.2. The molecule has 1 aliphatic heterocycles. The minimum Gasteiger partial charge on any atom is -0.496 e. The van der Waals surface area contributed by atoms with E-state index in [4.69, 9.17) is 4.74 Å². The van der Waals surface area contributed by atoms with Crippen molar-refractivity contribution in [3.05, 3.63) is 35.9 Å². The van der Waals surface area contributed by atoms with E-state index in [0.29, 0.717) is 56.2 Å². The first kappa shape index (κ1) is 15.9. The highest BCUT2D eigenvalue weighted by atomic mass is 19.1. The monoisotopic (exact) mass is 345 g/mol. The fourth-order valence-corrected chi connectivity index (χ4v) is 3.32. The highest BCUT2D eigenvalue weighted by molar-refractivity contribution is 5.76. The Kier molecular flexibility index (Phi) is 4.25. The smallest absolute Gasteiger partial charge is 0.221 e. The molecule has 1 aliphatic carbocycles. The van der Waals surface area contributed by atoms with Gasteiger partial charge < -0.3 is 15.4 Å². The first-order chi connectivity index (χ1) is 12.2. The third kappa shape index (κ3) is 3.42. The van der Waals surface area contributed by atoms with Gasteiger partial charge in [-0.3, -0.25) is 4.79 Å². The highest BCUT2D eigenvalue weighted by Crippen LogP contribution is 2.36. The van der Waals surface area contributed by atoms with Crippen LogP contribution in [0.4, 0.5) is 10.2 Å². The number of fused-ring (bicyclic) bond motifs is 4. The van der Waals surface area contributed by atoms with Crippen molar-refractivity contribution in [1.82, 2.24) is 19.9 Å². The van der Waals surface area contributed by atoms with Crippen molar-refractivity contribution >= 4 is 17.4 Å². The summed E-state index contributed by atoms with van der Waals surface area (Å²) in [6, 6.07) is 1.81. The fraction of sp³-hybridized carbons (Fsp3) is 0.471. The number of hydrogen-bond acceptors (Lipinski definition) is 5. The number of ether oxygens (including phenoxy) is 1. The molecular formula is C17H20FN5O2. The fourth-order valence-electron chi connectivity index (χ4n) is 3.32. The van der Waals surface area contributed by atoms with Gasteiger partial charge in [0.1, 0.15) is 18.6 Å². The molecule has 3 heterocycles. The average Bonchev–Trinajstić information content (AvgIpc) is 3.01. The van der Waals surface area contributed by atoms with Crippen molar-refractivity contribution in [2.45, 2.75) is 31.4 Å². The number of nitrogens with one attached hydrogen (secondary N) is 2. The van der Waals surface area contributed by atoms with Crippen LogP contribution in [-0.2, 0) is 9.53 Å². The van der Waals surface area contributed by atoms with Gasteiger partial charge in [0, 0.05) is 31.1 Å². The van der Waals surface area contributed by atoms with E-state index in [1.165, 1.54) is 6.08 Å². The van der Waals surface area contributed by atoms with Crippen LogP contribution in [0.5, 0.6) is 0 Å². The lowest BCUT2D eigenvalue weighted by atomic mass is 9.87. The number of rotatable bonds is 0. The Labute approximate surface area is 144 Å². The normalized spacial score (nSPS) is 24.5. The average molecular weight is 345 g/mol. The topological polar surface area (TPSA) is 80.6 Å². The number of nitrogens with zero attached hydrogens (tertiary/aromatic N) is 3. The summed E-state index contributed by atoms with van der Waals surface area (Å²) in [7, 11) is 0. The number of hydrogen-bond donors (Lipinski definition) is 2. The van der Waals surface area contributed by atoms with Crippen LogP contribution < -0.4 is 10.6 Å². The molecule has 2 aliphatic rings. The molecule has 7 nitrogen and oxygen atoms in total. The van der Waals surface area contributed by atoms with E-state index in [-0.39, 0.29) is 11.8 Å². The van der Waals surface area contributed by atoms with E-state index < -0.39 is 6.17 Å². The summed E-state index contributed by atoms with van der Waals surface area (Å²) in [5.41, 5.74) is 1.63. The molecule has 2 aromatic heterocycles. The van der Waals surface area contributed by atoms with Gasteiger partial charge in [-0.05, 0) is 24.5 Å². The molecule has 8 heteroatoms. The van der Waals surface area contributed by atoms with Gasteiger partial charge in [0.25, 0.3) is 0 Å². The van der Waals surface area contributed by atoms with Crippen LogP contribution in [0.25, 0.3) is 5.65 Å². The van der Waals surface area contributed by atoms with Gasteiger partial charge in [0.2, 0.25) is 5.91 Å². The van der Waals surface area contributed by atoms with E-state index in [2.05, 4.69) is 20.7 Å². The molecule has 25 heavy (non-hydrogen) atoms. The van der Waals surface area contributed by atoms with Crippen LogP contribution in [0.3, 0.4) is 0 Å². The summed E-state index contributed by atoms with van der Waals surface area (Å²) in [6.07, 6.45) is 5.39. The first-order valence-electron chi connectivity index (χ1n) is 8.51. The maximum Gasteiger partial charge on any atom is 0.221 e. The molecular weight excluding hydrogens is 325 g/mol. The number of amides is 1. The van der Waals surface area contributed by atoms with Gasteiger partial charge in [0.05, 0.1) is 18.5 Å². The molecule has 1 amide bonds. The second-order valence-corrected chi connectivity index (χ2v) is 6.34. The van der Waals surface area contributed by atoms with Gasteiger partial charge in [-0.15, -0.1) is 0 Å². The summed E-state index contributed by atoms with van der Waals surface area (Å²) in [5.74, 6) is 1.21. The van der Waals surface area contributed by atoms with E-state index >= 15 is 0 Å². The Bertz CT molecular complexity index is 818. The molecule has 2 unspecified atom stereocenters. The van der Waals surface area contributed by atoms with Crippen LogP contribution in [0.15, 0.2) is 30.3 Å². The predicted molar refractivity (Wildman–Crippen MR) is 90.0 cm³/mol. The lowest BCUT2D eigenvalue weighted by Gasteiger charge is -2.24. The number of anilines is 1. The molecule has 4 bridgehead atoms. The highest BCUT2D eigenvalue weighted by Gasteiger charge is 2.27. The summed E-state index contributed by atoms with van der Waals surface area (Å²) in [4.78, 5) is 16.4. The Balaban J connectivity index is 1.69. The number of halogens is 1. The minimum absolute atomic E-state index is 0.0324. The van der Waals surface area contributed by atoms with Crippen molar-refractivity contribution in [2.75, 3.05) is 25.0 Å². The molecule has 0 fully saturated rings. The zero-order valence-corrected chi connectivity index (χ0v) is 13.7. The Morgan fingerprint density at radius 3 is 3.16 bits per heavy atom. The number of alkyl halides is 1. The molecule has 132 valence electrons. The molecule has 0 saturated carbocycles. The Morgan fingerprint density at radius 1 is 1.32 bits per heavy atom. The second kappa shape index (κ2) is 6.70. The molecule has 2 atom stereocenters. The van der Waals surface area contributed by atoms with Crippen molar-refractivity contribution < 1.29 is 13.9 Å². The lowest BCUT2D eigenvalue weighted by molar-refractivity contribution is -0.121. The summed E-state index contributed by atoms with van der Waals surface area (Å²) in [5, 5.41) is 10.3. The maximum absolute atomic E-state index is 14.2. The van der Waals surface area contributed by atoms with Crippen molar-refractivity contribution in [3.63, 3.8) is 0 Å². The summed E-state index contributed by atoms with van der Waals surface area (Å²) < 4.78 is 21.6. The van der Waals surface area contributed by atoms with Crippen LogP contribution in [0.2, 0.25) is 0 Å². The van der Waals surface area contributed by atoms with Gasteiger partial charge in [-0.2, -0.15) is 5.10 Å². The Hall–Kier alpha value is -2.64. The molecule has 2 aromatic rings. The van der Waals surface area contributed by atoms with E-state index in [1.54, 1.807) is 10.7 Å². The van der Waals surface area contributed by atoms with E-state index in [1.807, 2.05) is 12.3 Å². The molecule has 0 saturated heterocycles. The van der Waals surface area contributed by atoms with Gasteiger partial charge >= 0.3 is 0 Å². The van der Waals surface area contributed by atoms with Gasteiger partial charge in [-0.1, -0.05) is 0 Å². The predicted octanol–water partition coefficient (Wildman–Crippen LogP) is 1.78. The number of aromatic nitrogens is 3. The standard InChI is InChI=1S/C17H20FN5O2/c18-12-7-11-8-13(9-12)25-6-4-20-16(24)1-3-19-15-2-5-23-17(22-15)14(11)10-21-23/h2,5,9-12H,1,3-4,6-8H2,(H,19,22)(H,20,24). The largest absolute Gasteiger partial charge is 0.496 e. The van der Waals surface area contributed by atoms with E-state index in [9.17, 15) is 9.18 Å². The van der Waals surface area contributed by atoms with Crippen LogP contribution in [-0.4, -0.2) is 46.4 Å². The van der Waals surface area contributed by atoms with Crippen LogP contribution in [0, 0.1) is 0 Å². The van der Waals surface area contributed by atoms with Crippen molar-refractivity contribution in [3.8, 4) is 0 Å². The quantitative estimate of drug-likeness (QED) is 0.761. The summed E-state index contributed by atoms with van der Waals surface area (Å²) in [6.45, 7) is 1.22. The molecule has 0 radical (unpaired) electrons. The van der Waals surface area contributed by atoms with Crippen LogP contribution in [0.1, 0.15) is 30.7 Å². The van der Waals surface area contributed by atoms with Gasteiger partial charge in [0.15, 0.2) is 5.65 Å². The van der Waals surface area contributed by atoms with Crippen LogP contribution >= 0.6 is 0 Å². The third-order valence-electron chi connectivity index (χ3n) is 4.53. The third-order valence-corrected chi connectivity index (χ3v) is 4.53. The summed E-state index contributed by atoms with van der Waals surface area (Å²) >= 11 is 0. The minimum atomic E-state index is -1.06. The molecule has 0 aromatic carbocycles. The number of carbonyl (C=O) groups excluding carboxylic acids is 1. The van der Waals surface area contributed by atoms with Crippen molar-refractivity contribution in [2.24, 2.45) is 0 Å². The molecule has 2 N–H and O–H groups in total. The lowest BCUT2D eigenvalue weighted by Crippen LogP contribution is -2.29. The molecule has 0 spiro atoms. The van der Waals surface area contributed by atoms with E-state index in [0.717, 1.165) is 5.56 Å². The zero-order chi connectivity index (χ0) is 17.2. The zero-order valence-electron chi connectivity index (χ0n) is 13.7. The Morgan fingerprint density at radius 2 is 2.24 bits per heavy atom. The first-order valence-corrected chi connectivity index (χ1v) is 8.51. The second-order valence-electron chi connectivity index (χ2n) is 6.34. The SMILES string of the molecule is O=C1CCNc2ccn3ncc(c3n2)C2CC(=CC(F)C2)OCCN1. The number of allylic oxidation sites excluding steroid dienone is 2. The molecule has 4 rings (SSSR count). The number of carbonyl (C=O) groups is 1. The van der Waals surface area contributed by atoms with Crippen molar-refractivity contribution in [1.29, 1.82) is 0 Å². The van der Waals surface area contributed by atoms with Gasteiger partial charge in [-0.25, -0.2) is 13.9 Å².